The van der Waals surface area contributed by atoms with E-state index in [1.54, 1.807) is 6.92 Å². The van der Waals surface area contributed by atoms with E-state index in [0.717, 1.165) is 0 Å². The van der Waals surface area contributed by atoms with E-state index < -0.39 is 46.4 Å². The fourth-order valence-electron chi connectivity index (χ4n) is 2.04. The molecule has 8 heteroatoms. The minimum absolute atomic E-state index is 0.117. The molecule has 0 saturated heterocycles. The van der Waals surface area contributed by atoms with Gasteiger partial charge in [-0.3, -0.25) is 0 Å². The lowest BCUT2D eigenvalue weighted by Crippen LogP contribution is -2.51. The van der Waals surface area contributed by atoms with Crippen molar-refractivity contribution in [2.45, 2.75) is 50.9 Å². The van der Waals surface area contributed by atoms with Crippen LogP contribution in [0.3, 0.4) is 0 Å². The highest BCUT2D eigenvalue weighted by Crippen LogP contribution is 2.52. The second-order valence-corrected chi connectivity index (χ2v) is 5.28. The second-order valence-electron chi connectivity index (χ2n) is 5.28. The van der Waals surface area contributed by atoms with Crippen LogP contribution in [0.4, 0.5) is 35.1 Å². The van der Waals surface area contributed by atoms with Crippen molar-refractivity contribution in [2.24, 2.45) is 0 Å². The summed E-state index contributed by atoms with van der Waals surface area (Å²) >= 11 is 0. The van der Waals surface area contributed by atoms with E-state index in [0.29, 0.717) is 0 Å². The zero-order chi connectivity index (χ0) is 17.5. The average molecular weight is 334 g/mol. The first kappa shape index (κ1) is 18.7. The monoisotopic (exact) mass is 334 g/mol. The largest absolute Gasteiger partial charge is 0.406 e. The maximum absolute atomic E-state index is 13.9. The van der Waals surface area contributed by atoms with Crippen molar-refractivity contribution < 1.29 is 35.1 Å². The highest BCUT2D eigenvalue weighted by Gasteiger charge is 2.68. The molecule has 0 aliphatic heterocycles. The Balaban J connectivity index is 3.62. The van der Waals surface area contributed by atoms with Crippen LogP contribution in [0.1, 0.15) is 44.2 Å². The summed E-state index contributed by atoms with van der Waals surface area (Å²) in [6, 6.07) is 0.233. The SMILES string of the molecule is CCC(C)c1c(F)cc(C(C)(C(F)(F)F)C(F)(F)F)cc1F. The lowest BCUT2D eigenvalue weighted by atomic mass is 9.79. The van der Waals surface area contributed by atoms with Gasteiger partial charge in [-0.1, -0.05) is 13.8 Å². The standard InChI is InChI=1S/C14H14F8/c1-4-7(2)11-9(15)5-8(6-10(11)16)12(3,13(17,18)19)14(20,21)22/h5-7H,4H2,1-3H3. The molecule has 0 N–H and O–H groups in total. The Labute approximate surface area is 122 Å². The lowest BCUT2D eigenvalue weighted by Gasteiger charge is -2.34. The van der Waals surface area contributed by atoms with Crippen LogP contribution < -0.4 is 0 Å². The molecule has 0 spiro atoms. The molecule has 22 heavy (non-hydrogen) atoms. The van der Waals surface area contributed by atoms with Crippen LogP contribution in [0.2, 0.25) is 0 Å². The van der Waals surface area contributed by atoms with Crippen molar-refractivity contribution >= 4 is 0 Å². The molecule has 0 fully saturated rings. The van der Waals surface area contributed by atoms with Crippen molar-refractivity contribution in [3.63, 3.8) is 0 Å². The van der Waals surface area contributed by atoms with E-state index in [9.17, 15) is 35.1 Å². The van der Waals surface area contributed by atoms with E-state index in [1.807, 2.05) is 0 Å². The summed E-state index contributed by atoms with van der Waals surface area (Å²) in [7, 11) is 0. The highest BCUT2D eigenvalue weighted by molar-refractivity contribution is 5.35. The Morgan fingerprint density at radius 1 is 0.909 bits per heavy atom. The Bertz CT molecular complexity index is 504. The number of halogens is 8. The molecular weight excluding hydrogens is 320 g/mol. The van der Waals surface area contributed by atoms with Gasteiger partial charge in [0.05, 0.1) is 0 Å². The molecule has 0 aromatic heterocycles. The number of hydrogen-bond donors (Lipinski definition) is 0. The van der Waals surface area contributed by atoms with Crippen LogP contribution in [0.5, 0.6) is 0 Å². The topological polar surface area (TPSA) is 0 Å². The van der Waals surface area contributed by atoms with E-state index in [2.05, 4.69) is 0 Å². The third kappa shape index (κ3) is 2.92. The molecule has 0 heterocycles. The molecule has 1 atom stereocenters. The Hall–Kier alpha value is -1.34. The first-order chi connectivity index (χ1) is 9.77. The maximum atomic E-state index is 13.9. The molecule has 0 radical (unpaired) electrons. The van der Waals surface area contributed by atoms with Crippen molar-refractivity contribution in [2.75, 3.05) is 0 Å². The zero-order valence-electron chi connectivity index (χ0n) is 12.0. The molecule has 0 aliphatic carbocycles. The first-order valence-electron chi connectivity index (χ1n) is 6.40. The summed E-state index contributed by atoms with van der Waals surface area (Å²) in [6.45, 7) is 2.88. The van der Waals surface area contributed by atoms with Gasteiger partial charge in [-0.25, -0.2) is 8.78 Å². The molecule has 1 aromatic rings. The van der Waals surface area contributed by atoms with Gasteiger partial charge in [0.1, 0.15) is 11.6 Å². The predicted octanol–water partition coefficient (Wildman–Crippen LogP) is 5.86. The Morgan fingerprint density at radius 2 is 1.27 bits per heavy atom. The van der Waals surface area contributed by atoms with Crippen LogP contribution in [-0.4, -0.2) is 12.4 Å². The van der Waals surface area contributed by atoms with Gasteiger partial charge in [-0.15, -0.1) is 0 Å². The number of rotatable bonds is 3. The van der Waals surface area contributed by atoms with E-state index >= 15 is 0 Å². The van der Waals surface area contributed by atoms with Crippen LogP contribution in [0.15, 0.2) is 12.1 Å². The molecule has 0 saturated carbocycles. The summed E-state index contributed by atoms with van der Waals surface area (Å²) in [5.74, 6) is -3.50. The van der Waals surface area contributed by atoms with Crippen molar-refractivity contribution in [3.05, 3.63) is 34.9 Å². The van der Waals surface area contributed by atoms with Crippen LogP contribution in [0.25, 0.3) is 0 Å². The van der Waals surface area contributed by atoms with Crippen LogP contribution in [-0.2, 0) is 5.41 Å². The average Bonchev–Trinajstić information content (AvgIpc) is 2.33. The van der Waals surface area contributed by atoms with Gasteiger partial charge in [-0.05, 0) is 37.0 Å². The Morgan fingerprint density at radius 3 is 1.55 bits per heavy atom. The van der Waals surface area contributed by atoms with E-state index in [4.69, 9.17) is 0 Å². The summed E-state index contributed by atoms with van der Waals surface area (Å²) in [5, 5.41) is 0. The molecule has 0 aliphatic rings. The molecule has 126 valence electrons. The van der Waals surface area contributed by atoms with E-state index in [-0.39, 0.29) is 25.5 Å². The van der Waals surface area contributed by atoms with Gasteiger partial charge in [-0.2, -0.15) is 26.3 Å². The third-order valence-electron chi connectivity index (χ3n) is 3.90. The van der Waals surface area contributed by atoms with Crippen molar-refractivity contribution in [1.29, 1.82) is 0 Å². The fraction of sp³-hybridized carbons (Fsp3) is 0.571. The summed E-state index contributed by atoms with van der Waals surface area (Å²) < 4.78 is 105. The van der Waals surface area contributed by atoms with Crippen LogP contribution in [0, 0.1) is 11.6 Å². The maximum Gasteiger partial charge on any atom is 0.406 e. The zero-order valence-corrected chi connectivity index (χ0v) is 12.0. The predicted molar refractivity (Wildman–Crippen MR) is 64.5 cm³/mol. The first-order valence-corrected chi connectivity index (χ1v) is 6.40. The van der Waals surface area contributed by atoms with Crippen LogP contribution >= 0.6 is 0 Å². The smallest absolute Gasteiger partial charge is 0.207 e. The van der Waals surface area contributed by atoms with Crippen molar-refractivity contribution in [3.8, 4) is 0 Å². The third-order valence-corrected chi connectivity index (χ3v) is 3.90. The Kier molecular flexibility index (Phi) is 4.85. The molecular formula is C14H14F8. The second kappa shape index (κ2) is 5.70. The molecule has 0 nitrogen and oxygen atoms in total. The molecule has 1 aromatic carbocycles. The number of benzene rings is 1. The van der Waals surface area contributed by atoms with Gasteiger partial charge < -0.3 is 0 Å². The summed E-state index contributed by atoms with van der Waals surface area (Å²) in [6.07, 6.45) is -11.2. The fourth-order valence-corrected chi connectivity index (χ4v) is 2.04. The normalized spacial score (nSPS) is 15.0. The van der Waals surface area contributed by atoms with Gasteiger partial charge in [0.2, 0.25) is 0 Å². The summed E-state index contributed by atoms with van der Waals surface area (Å²) in [5.41, 5.74) is -6.37. The summed E-state index contributed by atoms with van der Waals surface area (Å²) in [4.78, 5) is 0. The number of alkyl halides is 6. The van der Waals surface area contributed by atoms with Crippen molar-refractivity contribution in [1.82, 2.24) is 0 Å². The number of hydrogen-bond acceptors (Lipinski definition) is 0. The molecule has 0 amide bonds. The molecule has 1 rings (SSSR count). The van der Waals surface area contributed by atoms with Gasteiger partial charge in [0.15, 0.2) is 5.41 Å². The minimum Gasteiger partial charge on any atom is -0.207 e. The van der Waals surface area contributed by atoms with Gasteiger partial charge >= 0.3 is 12.4 Å². The van der Waals surface area contributed by atoms with Gasteiger partial charge in [0.25, 0.3) is 0 Å². The quantitative estimate of drug-likeness (QED) is 0.607. The molecule has 1 unspecified atom stereocenters. The van der Waals surface area contributed by atoms with Gasteiger partial charge in [0, 0.05) is 5.56 Å². The minimum atomic E-state index is -5.75. The lowest BCUT2D eigenvalue weighted by molar-refractivity contribution is -0.297. The van der Waals surface area contributed by atoms with E-state index in [1.165, 1.54) is 6.92 Å². The highest BCUT2D eigenvalue weighted by atomic mass is 19.4. The molecule has 0 bridgehead atoms.